The van der Waals surface area contributed by atoms with E-state index in [0.29, 0.717) is 38.3 Å². The number of halogens is 2. The van der Waals surface area contributed by atoms with Crippen molar-refractivity contribution in [2.24, 2.45) is 0 Å². The van der Waals surface area contributed by atoms with E-state index in [2.05, 4.69) is 5.32 Å². The molecule has 0 saturated heterocycles. The van der Waals surface area contributed by atoms with Crippen LogP contribution in [0.4, 0.5) is 11.4 Å². The van der Waals surface area contributed by atoms with Gasteiger partial charge >= 0.3 is 0 Å². The molecule has 3 aromatic carbocycles. The molecule has 1 aliphatic heterocycles. The quantitative estimate of drug-likeness (QED) is 0.470. The monoisotopic (exact) mass is 482 g/mol. The highest BCUT2D eigenvalue weighted by atomic mass is 35.5. The van der Waals surface area contributed by atoms with Gasteiger partial charge in [0.2, 0.25) is 0 Å². The Morgan fingerprint density at radius 3 is 2.21 bits per heavy atom. The van der Waals surface area contributed by atoms with Crippen LogP contribution in [0.2, 0.25) is 10.0 Å². The highest BCUT2D eigenvalue weighted by molar-refractivity contribution is 6.37. The second kappa shape index (κ2) is 8.89. The van der Waals surface area contributed by atoms with Crippen molar-refractivity contribution in [1.82, 2.24) is 0 Å². The zero-order valence-electron chi connectivity index (χ0n) is 18.2. The van der Waals surface area contributed by atoms with Gasteiger partial charge in [-0.05, 0) is 86.0 Å². The van der Waals surface area contributed by atoms with E-state index in [1.54, 1.807) is 49.4 Å². The topological polar surface area (TPSA) is 75.7 Å². The Morgan fingerprint density at radius 2 is 1.55 bits per heavy atom. The predicted octanol–water partition coefficient (Wildman–Crippen LogP) is 5.74. The highest BCUT2D eigenvalue weighted by Crippen LogP contribution is 2.33. The Morgan fingerprint density at radius 1 is 0.879 bits per heavy atom. The van der Waals surface area contributed by atoms with Crippen LogP contribution in [0.5, 0.6) is 5.75 Å². The van der Waals surface area contributed by atoms with Gasteiger partial charge in [0, 0.05) is 15.7 Å². The van der Waals surface area contributed by atoms with E-state index in [-0.39, 0.29) is 18.1 Å². The largest absolute Gasteiger partial charge is 0.484 e. The van der Waals surface area contributed by atoms with Crippen LogP contribution >= 0.6 is 23.2 Å². The number of hydrogen-bond acceptors (Lipinski definition) is 4. The number of aryl methyl sites for hydroxylation is 3. The molecular weight excluding hydrogens is 463 g/mol. The van der Waals surface area contributed by atoms with Gasteiger partial charge in [-0.2, -0.15) is 0 Å². The third-order valence-corrected chi connectivity index (χ3v) is 6.18. The fraction of sp³-hybridized carbons (Fsp3) is 0.160. The van der Waals surface area contributed by atoms with Crippen molar-refractivity contribution in [2.75, 3.05) is 16.8 Å². The fourth-order valence-corrected chi connectivity index (χ4v) is 4.03. The van der Waals surface area contributed by atoms with Gasteiger partial charge in [-0.3, -0.25) is 14.4 Å². The lowest BCUT2D eigenvalue weighted by Crippen LogP contribution is -2.30. The number of amides is 3. The number of hydrogen-bond donors (Lipinski definition) is 1. The van der Waals surface area contributed by atoms with Crippen LogP contribution in [0.15, 0.2) is 48.5 Å². The number of imide groups is 1. The third-order valence-electron chi connectivity index (χ3n) is 5.35. The zero-order chi connectivity index (χ0) is 23.9. The second-order valence-corrected chi connectivity index (χ2v) is 8.66. The maximum absolute atomic E-state index is 12.8. The van der Waals surface area contributed by atoms with E-state index in [0.717, 1.165) is 16.0 Å². The minimum atomic E-state index is -0.431. The molecule has 3 amide bonds. The van der Waals surface area contributed by atoms with E-state index in [1.807, 2.05) is 13.8 Å². The van der Waals surface area contributed by atoms with Crippen LogP contribution in [-0.2, 0) is 4.79 Å². The normalized spacial score (nSPS) is 12.7. The van der Waals surface area contributed by atoms with E-state index in [4.69, 9.17) is 27.9 Å². The zero-order valence-corrected chi connectivity index (χ0v) is 19.7. The Bertz CT molecular complexity index is 1300. The summed E-state index contributed by atoms with van der Waals surface area (Å²) < 4.78 is 5.59. The van der Waals surface area contributed by atoms with Gasteiger partial charge in [-0.1, -0.05) is 23.2 Å². The van der Waals surface area contributed by atoms with E-state index < -0.39 is 11.8 Å². The van der Waals surface area contributed by atoms with Crippen LogP contribution in [0, 0.1) is 20.8 Å². The standard InChI is InChI=1S/C25H20Cl2N2O4/c1-13-8-17(28-22(30)12-33-18-9-14(2)23(27)15(3)10-18)5-7-21(13)29-24(31)19-6-4-16(26)11-20(19)25(29)32/h4-11H,12H2,1-3H3,(H,28,30). The molecule has 3 aromatic rings. The molecule has 0 saturated carbocycles. The van der Waals surface area contributed by atoms with Crippen molar-refractivity contribution >= 4 is 52.3 Å². The lowest BCUT2D eigenvalue weighted by Gasteiger charge is -2.18. The molecule has 0 bridgehead atoms. The molecule has 1 N–H and O–H groups in total. The Hall–Kier alpha value is -3.35. The summed E-state index contributed by atoms with van der Waals surface area (Å²) >= 11 is 12.1. The molecule has 0 fully saturated rings. The minimum Gasteiger partial charge on any atom is -0.484 e. The maximum Gasteiger partial charge on any atom is 0.266 e. The minimum absolute atomic E-state index is 0.180. The number of nitrogens with zero attached hydrogens (tertiary/aromatic N) is 1. The number of ether oxygens (including phenoxy) is 1. The lowest BCUT2D eigenvalue weighted by molar-refractivity contribution is -0.118. The summed E-state index contributed by atoms with van der Waals surface area (Å²) in [6, 6.07) is 13.1. The van der Waals surface area contributed by atoms with Crippen LogP contribution in [0.3, 0.4) is 0 Å². The Kier molecular flexibility index (Phi) is 6.15. The summed E-state index contributed by atoms with van der Waals surface area (Å²) in [7, 11) is 0. The van der Waals surface area contributed by atoms with E-state index in [1.165, 1.54) is 6.07 Å². The summed E-state index contributed by atoms with van der Waals surface area (Å²) in [5.41, 5.74) is 3.94. The molecule has 0 aromatic heterocycles. The molecule has 0 atom stereocenters. The number of nitrogens with one attached hydrogen (secondary N) is 1. The van der Waals surface area contributed by atoms with Crippen molar-refractivity contribution < 1.29 is 19.1 Å². The average molecular weight is 483 g/mol. The molecule has 0 unspecified atom stereocenters. The van der Waals surface area contributed by atoms with Gasteiger partial charge in [-0.25, -0.2) is 4.90 Å². The van der Waals surface area contributed by atoms with Gasteiger partial charge in [0.25, 0.3) is 17.7 Å². The molecule has 0 aliphatic carbocycles. The molecule has 1 heterocycles. The van der Waals surface area contributed by atoms with Crippen molar-refractivity contribution in [3.05, 3.63) is 86.4 Å². The van der Waals surface area contributed by atoms with Crippen molar-refractivity contribution in [1.29, 1.82) is 0 Å². The van der Waals surface area contributed by atoms with Gasteiger partial charge in [0.05, 0.1) is 16.8 Å². The van der Waals surface area contributed by atoms with Crippen LogP contribution in [-0.4, -0.2) is 24.3 Å². The van der Waals surface area contributed by atoms with Crippen LogP contribution in [0.25, 0.3) is 0 Å². The lowest BCUT2D eigenvalue weighted by atomic mass is 10.1. The molecule has 1 aliphatic rings. The van der Waals surface area contributed by atoms with Gasteiger partial charge < -0.3 is 10.1 Å². The van der Waals surface area contributed by atoms with Crippen LogP contribution < -0.4 is 15.0 Å². The molecule has 0 spiro atoms. The third kappa shape index (κ3) is 4.45. The number of carbonyl (C=O) groups excluding carboxylic acids is 3. The Labute approximate surface area is 201 Å². The fourth-order valence-electron chi connectivity index (χ4n) is 3.75. The molecular formula is C25H20Cl2N2O4. The van der Waals surface area contributed by atoms with Gasteiger partial charge in [0.1, 0.15) is 5.75 Å². The maximum atomic E-state index is 12.8. The predicted molar refractivity (Wildman–Crippen MR) is 129 cm³/mol. The summed E-state index contributed by atoms with van der Waals surface area (Å²) in [5.74, 6) is -0.627. The SMILES string of the molecule is Cc1cc(NC(=O)COc2cc(C)c(Cl)c(C)c2)ccc1N1C(=O)c2ccc(Cl)cc2C1=O. The molecule has 0 radical (unpaired) electrons. The van der Waals surface area contributed by atoms with Crippen molar-refractivity contribution in [3.8, 4) is 5.75 Å². The van der Waals surface area contributed by atoms with Gasteiger partial charge in [0.15, 0.2) is 6.61 Å². The summed E-state index contributed by atoms with van der Waals surface area (Å²) in [5, 5.41) is 3.82. The number of carbonyl (C=O) groups is 3. The van der Waals surface area contributed by atoms with Gasteiger partial charge in [-0.15, -0.1) is 0 Å². The number of fused-ring (bicyclic) bond motifs is 1. The smallest absolute Gasteiger partial charge is 0.266 e. The van der Waals surface area contributed by atoms with Crippen LogP contribution in [0.1, 0.15) is 37.4 Å². The summed E-state index contributed by atoms with van der Waals surface area (Å²) in [6.45, 7) is 5.32. The van der Waals surface area contributed by atoms with Crippen molar-refractivity contribution in [2.45, 2.75) is 20.8 Å². The first-order valence-electron chi connectivity index (χ1n) is 10.1. The second-order valence-electron chi connectivity index (χ2n) is 7.84. The number of benzene rings is 3. The Balaban J connectivity index is 1.45. The molecule has 8 heteroatoms. The number of rotatable bonds is 5. The average Bonchev–Trinajstić information content (AvgIpc) is 3.00. The molecule has 6 nitrogen and oxygen atoms in total. The van der Waals surface area contributed by atoms with E-state index in [9.17, 15) is 14.4 Å². The first kappa shape index (κ1) is 22.8. The molecule has 4 rings (SSSR count). The first-order valence-corrected chi connectivity index (χ1v) is 10.9. The summed E-state index contributed by atoms with van der Waals surface area (Å²) in [4.78, 5) is 39.1. The molecule has 33 heavy (non-hydrogen) atoms. The van der Waals surface area contributed by atoms with Crippen molar-refractivity contribution in [3.63, 3.8) is 0 Å². The summed E-state index contributed by atoms with van der Waals surface area (Å²) in [6.07, 6.45) is 0. The molecule has 168 valence electrons. The van der Waals surface area contributed by atoms with E-state index >= 15 is 0 Å². The number of anilines is 2. The first-order chi connectivity index (χ1) is 15.7. The highest BCUT2D eigenvalue weighted by Gasteiger charge is 2.37.